The zero-order valence-corrected chi connectivity index (χ0v) is 16.6. The van der Waals surface area contributed by atoms with Gasteiger partial charge < -0.3 is 20.6 Å². The molecule has 0 heterocycles. The van der Waals surface area contributed by atoms with Gasteiger partial charge in [0.15, 0.2) is 0 Å². The maximum absolute atomic E-state index is 11.3. The molecule has 0 aliphatic carbocycles. The summed E-state index contributed by atoms with van der Waals surface area (Å²) in [5.41, 5.74) is 0. The standard InChI is InChI=1S/C22H37NO4/c1-2-3-9-13-20(25)14-10-7-5-4-6-8-11-15-21(26)16-12-17-22(27)23-18-19-24/h5-8,10-11,14-15,20-21,24-26H,2-4,9,12-13,16-19H2,1H3,(H,23,27). The molecule has 1 amide bonds. The summed E-state index contributed by atoms with van der Waals surface area (Å²) in [5.74, 6) is -0.102. The number of hydrogen-bond donors (Lipinski definition) is 4. The molecule has 27 heavy (non-hydrogen) atoms. The Bertz CT molecular complexity index is 469. The average Bonchev–Trinajstić information content (AvgIpc) is 2.65. The molecule has 0 aliphatic rings. The molecule has 154 valence electrons. The molecule has 0 rings (SSSR count). The lowest BCUT2D eigenvalue weighted by atomic mass is 10.1. The van der Waals surface area contributed by atoms with E-state index in [1.807, 2.05) is 36.5 Å². The molecule has 0 saturated heterocycles. The summed E-state index contributed by atoms with van der Waals surface area (Å²) < 4.78 is 0. The molecule has 0 fully saturated rings. The lowest BCUT2D eigenvalue weighted by Crippen LogP contribution is -2.26. The molecule has 0 aromatic carbocycles. The van der Waals surface area contributed by atoms with Gasteiger partial charge in [0.1, 0.15) is 0 Å². The first kappa shape index (κ1) is 25.3. The molecule has 5 heteroatoms. The van der Waals surface area contributed by atoms with Gasteiger partial charge in [0.2, 0.25) is 5.91 Å². The van der Waals surface area contributed by atoms with Gasteiger partial charge >= 0.3 is 0 Å². The topological polar surface area (TPSA) is 89.8 Å². The molecule has 0 saturated carbocycles. The summed E-state index contributed by atoms with van der Waals surface area (Å²) in [6.07, 6.45) is 20.5. The lowest BCUT2D eigenvalue weighted by molar-refractivity contribution is -0.121. The number of aliphatic hydroxyl groups excluding tert-OH is 3. The van der Waals surface area contributed by atoms with Gasteiger partial charge in [-0.3, -0.25) is 4.79 Å². The number of allylic oxidation sites excluding steroid dienone is 6. The van der Waals surface area contributed by atoms with Crippen LogP contribution in [0.25, 0.3) is 0 Å². The Morgan fingerprint density at radius 1 is 0.926 bits per heavy atom. The van der Waals surface area contributed by atoms with Crippen LogP contribution in [0.4, 0.5) is 0 Å². The van der Waals surface area contributed by atoms with Crippen LogP contribution < -0.4 is 5.32 Å². The number of rotatable bonds is 16. The molecular formula is C22H37NO4. The first-order valence-electron chi connectivity index (χ1n) is 10.0. The van der Waals surface area contributed by atoms with E-state index in [2.05, 4.69) is 12.2 Å². The van der Waals surface area contributed by atoms with E-state index in [1.165, 1.54) is 0 Å². The van der Waals surface area contributed by atoms with Gasteiger partial charge in [-0.15, -0.1) is 0 Å². The third-order valence-corrected chi connectivity index (χ3v) is 3.87. The second-order valence-electron chi connectivity index (χ2n) is 6.46. The predicted molar refractivity (Wildman–Crippen MR) is 111 cm³/mol. The molecule has 0 radical (unpaired) electrons. The Kier molecular flexibility index (Phi) is 17.9. The van der Waals surface area contributed by atoms with Crippen LogP contribution in [0.15, 0.2) is 48.6 Å². The smallest absolute Gasteiger partial charge is 0.220 e. The van der Waals surface area contributed by atoms with Gasteiger partial charge in [-0.05, 0) is 25.7 Å². The van der Waals surface area contributed by atoms with Crippen molar-refractivity contribution in [2.45, 2.75) is 70.5 Å². The van der Waals surface area contributed by atoms with E-state index in [1.54, 1.807) is 12.2 Å². The fourth-order valence-electron chi connectivity index (χ4n) is 2.33. The Balaban J connectivity index is 3.77. The van der Waals surface area contributed by atoms with E-state index >= 15 is 0 Å². The van der Waals surface area contributed by atoms with E-state index < -0.39 is 6.10 Å². The largest absolute Gasteiger partial charge is 0.395 e. The van der Waals surface area contributed by atoms with Crippen LogP contribution in [0.5, 0.6) is 0 Å². The van der Waals surface area contributed by atoms with Gasteiger partial charge in [0.25, 0.3) is 0 Å². The van der Waals surface area contributed by atoms with Crippen molar-refractivity contribution in [1.82, 2.24) is 5.32 Å². The molecule has 0 aromatic rings. The summed E-state index contributed by atoms with van der Waals surface area (Å²) in [6, 6.07) is 0. The van der Waals surface area contributed by atoms with E-state index in [0.29, 0.717) is 19.3 Å². The summed E-state index contributed by atoms with van der Waals surface area (Å²) in [5, 5.41) is 30.7. The SMILES string of the molecule is CCCCCC(O)C=CC=CCC=CC=CC(O)CCCC(=O)NCCO. The number of nitrogens with one attached hydrogen (secondary N) is 1. The summed E-state index contributed by atoms with van der Waals surface area (Å²) in [7, 11) is 0. The van der Waals surface area contributed by atoms with Crippen LogP contribution in [0.1, 0.15) is 58.3 Å². The van der Waals surface area contributed by atoms with Gasteiger partial charge in [-0.25, -0.2) is 0 Å². The highest BCUT2D eigenvalue weighted by Gasteiger charge is 2.03. The van der Waals surface area contributed by atoms with Crippen molar-refractivity contribution in [3.63, 3.8) is 0 Å². The maximum atomic E-state index is 11.3. The first-order valence-corrected chi connectivity index (χ1v) is 10.0. The molecular weight excluding hydrogens is 342 g/mol. The van der Waals surface area contributed by atoms with E-state index in [0.717, 1.165) is 32.1 Å². The molecule has 2 atom stereocenters. The average molecular weight is 380 g/mol. The van der Waals surface area contributed by atoms with Gasteiger partial charge in [-0.2, -0.15) is 0 Å². The highest BCUT2D eigenvalue weighted by molar-refractivity contribution is 5.75. The number of amides is 1. The minimum absolute atomic E-state index is 0.0596. The highest BCUT2D eigenvalue weighted by atomic mass is 16.3. The molecule has 5 nitrogen and oxygen atoms in total. The van der Waals surface area contributed by atoms with Crippen molar-refractivity contribution in [3.8, 4) is 0 Å². The number of carbonyl (C=O) groups excluding carboxylic acids is 1. The number of carbonyl (C=O) groups is 1. The fourth-order valence-corrected chi connectivity index (χ4v) is 2.33. The van der Waals surface area contributed by atoms with Crippen molar-refractivity contribution in [3.05, 3.63) is 48.6 Å². The fraction of sp³-hybridized carbons (Fsp3) is 0.591. The Labute approximate surface area is 164 Å². The van der Waals surface area contributed by atoms with Crippen molar-refractivity contribution in [2.75, 3.05) is 13.2 Å². The predicted octanol–water partition coefficient (Wildman–Crippen LogP) is 3.18. The molecule has 0 bridgehead atoms. The van der Waals surface area contributed by atoms with Crippen LogP contribution in [0.2, 0.25) is 0 Å². The van der Waals surface area contributed by atoms with Crippen LogP contribution in [-0.4, -0.2) is 46.6 Å². The molecule has 0 spiro atoms. The van der Waals surface area contributed by atoms with Crippen molar-refractivity contribution < 1.29 is 20.1 Å². The minimum atomic E-state index is -0.562. The Hall–Kier alpha value is -1.69. The highest BCUT2D eigenvalue weighted by Crippen LogP contribution is 2.04. The van der Waals surface area contributed by atoms with E-state index in [-0.39, 0.29) is 25.2 Å². The second kappa shape index (κ2) is 19.1. The van der Waals surface area contributed by atoms with Crippen LogP contribution in [0.3, 0.4) is 0 Å². The van der Waals surface area contributed by atoms with Crippen molar-refractivity contribution in [1.29, 1.82) is 0 Å². The number of aliphatic hydroxyl groups is 3. The molecule has 0 aromatic heterocycles. The Morgan fingerprint density at radius 2 is 1.52 bits per heavy atom. The van der Waals surface area contributed by atoms with Crippen LogP contribution in [0, 0.1) is 0 Å². The minimum Gasteiger partial charge on any atom is -0.395 e. The first-order chi connectivity index (χ1) is 13.1. The van der Waals surface area contributed by atoms with Crippen molar-refractivity contribution in [2.24, 2.45) is 0 Å². The number of hydrogen-bond acceptors (Lipinski definition) is 4. The maximum Gasteiger partial charge on any atom is 0.220 e. The third-order valence-electron chi connectivity index (χ3n) is 3.87. The summed E-state index contributed by atoms with van der Waals surface area (Å²) in [6.45, 7) is 2.36. The summed E-state index contributed by atoms with van der Waals surface area (Å²) >= 11 is 0. The van der Waals surface area contributed by atoms with Gasteiger partial charge in [0.05, 0.1) is 18.8 Å². The van der Waals surface area contributed by atoms with Gasteiger partial charge in [0, 0.05) is 13.0 Å². The summed E-state index contributed by atoms with van der Waals surface area (Å²) in [4.78, 5) is 11.3. The quantitative estimate of drug-likeness (QED) is 0.245. The monoisotopic (exact) mass is 379 g/mol. The zero-order valence-electron chi connectivity index (χ0n) is 16.6. The Morgan fingerprint density at radius 3 is 2.07 bits per heavy atom. The number of unbranched alkanes of at least 4 members (excludes halogenated alkanes) is 2. The second-order valence-corrected chi connectivity index (χ2v) is 6.46. The van der Waals surface area contributed by atoms with E-state index in [4.69, 9.17) is 5.11 Å². The van der Waals surface area contributed by atoms with Crippen molar-refractivity contribution >= 4 is 5.91 Å². The molecule has 2 unspecified atom stereocenters. The van der Waals surface area contributed by atoms with Gasteiger partial charge in [-0.1, -0.05) is 74.8 Å². The van der Waals surface area contributed by atoms with Crippen LogP contribution >= 0.6 is 0 Å². The third kappa shape index (κ3) is 18.9. The normalized spacial score (nSPS) is 14.7. The van der Waals surface area contributed by atoms with E-state index in [9.17, 15) is 15.0 Å². The molecule has 4 N–H and O–H groups in total. The van der Waals surface area contributed by atoms with Crippen LogP contribution in [-0.2, 0) is 4.79 Å². The lowest BCUT2D eigenvalue weighted by Gasteiger charge is -2.05. The zero-order chi connectivity index (χ0) is 20.2. The molecule has 0 aliphatic heterocycles.